The van der Waals surface area contributed by atoms with Gasteiger partial charge in [0.15, 0.2) is 0 Å². The van der Waals surface area contributed by atoms with E-state index >= 15 is 0 Å². The summed E-state index contributed by atoms with van der Waals surface area (Å²) < 4.78 is 4.58. The van der Waals surface area contributed by atoms with Gasteiger partial charge in [0, 0.05) is 39.6 Å². The zero-order chi connectivity index (χ0) is 28.7. The summed E-state index contributed by atoms with van der Waals surface area (Å²) in [4.78, 5) is 9.28. The largest absolute Gasteiger partial charge is 0.309 e. The Morgan fingerprint density at radius 3 is 2.16 bits per heavy atom. The van der Waals surface area contributed by atoms with Gasteiger partial charge in [-0.05, 0) is 82.4 Å². The average Bonchev–Trinajstić information content (AvgIpc) is 3.52. The maximum Gasteiger partial charge on any atom is 0.234 e. The van der Waals surface area contributed by atoms with Crippen LogP contribution in [-0.2, 0) is 0 Å². The van der Waals surface area contributed by atoms with E-state index in [1.165, 1.54) is 65.6 Å². The summed E-state index contributed by atoms with van der Waals surface area (Å²) in [6, 6.07) is 41.9. The summed E-state index contributed by atoms with van der Waals surface area (Å²) >= 11 is 0. The second-order valence-electron chi connectivity index (χ2n) is 11.0. The first-order chi connectivity index (χ1) is 21.3. The zero-order valence-electron chi connectivity index (χ0n) is 23.6. The number of benzene rings is 6. The maximum absolute atomic E-state index is 4.67. The summed E-state index contributed by atoms with van der Waals surface area (Å²) in [5.74, 6) is 0.604. The van der Waals surface area contributed by atoms with Gasteiger partial charge in [0.2, 0.25) is 5.96 Å². The standard InChI is InChI=1S/C39H26N4/c1-3-40-39(41-4-2)43-33-19-11-17-28-30-23-35-31(26-15-8-9-18-32(26)42(35)25-13-6-5-7-14-25)22-29(30)27-16-10-12-24-20-21-34(43)38(36(24)27)37(28)33/h3-23H,1H2,2H3. The van der Waals surface area contributed by atoms with Crippen LogP contribution in [-0.4, -0.2) is 21.3 Å². The fourth-order valence-electron chi connectivity index (χ4n) is 7.25. The molecule has 0 atom stereocenters. The molecule has 0 bridgehead atoms. The number of hydrogen-bond acceptors (Lipinski definition) is 1. The molecule has 2 heterocycles. The topological polar surface area (TPSA) is 34.6 Å². The van der Waals surface area contributed by atoms with Crippen LogP contribution >= 0.6 is 0 Å². The predicted octanol–water partition coefficient (Wildman–Crippen LogP) is 10.1. The Bertz CT molecular complexity index is 2520. The molecule has 6 aromatic carbocycles. The molecular formula is C39H26N4. The Kier molecular flexibility index (Phi) is 4.94. The summed E-state index contributed by atoms with van der Waals surface area (Å²) in [5, 5.41) is 7.45. The molecule has 0 radical (unpaired) electrons. The van der Waals surface area contributed by atoms with E-state index in [-0.39, 0.29) is 0 Å². The predicted molar refractivity (Wildman–Crippen MR) is 183 cm³/mol. The van der Waals surface area contributed by atoms with Gasteiger partial charge in [0.05, 0.1) is 22.1 Å². The second kappa shape index (κ2) is 8.88. The highest BCUT2D eigenvalue weighted by atomic mass is 15.2. The smallest absolute Gasteiger partial charge is 0.234 e. The summed E-state index contributed by atoms with van der Waals surface area (Å²) in [6.45, 7) is 5.80. The van der Waals surface area contributed by atoms with E-state index in [0.717, 1.165) is 16.7 Å². The molecule has 43 heavy (non-hydrogen) atoms. The quantitative estimate of drug-likeness (QED) is 0.152. The molecule has 1 aliphatic rings. The molecule has 8 aromatic rings. The Balaban J connectivity index is 1.51. The number of aliphatic imine (C=N–C) groups is 2. The van der Waals surface area contributed by atoms with Crippen molar-refractivity contribution in [2.75, 3.05) is 0 Å². The lowest BCUT2D eigenvalue weighted by Gasteiger charge is -2.15. The summed E-state index contributed by atoms with van der Waals surface area (Å²) in [6.07, 6.45) is 3.35. The van der Waals surface area contributed by atoms with E-state index < -0.39 is 0 Å². The third kappa shape index (κ3) is 3.15. The number of hydrogen-bond donors (Lipinski definition) is 0. The molecule has 0 spiro atoms. The van der Waals surface area contributed by atoms with Crippen molar-refractivity contribution in [1.82, 2.24) is 9.13 Å². The molecule has 4 heteroatoms. The van der Waals surface area contributed by atoms with Gasteiger partial charge in [-0.25, -0.2) is 9.98 Å². The van der Waals surface area contributed by atoms with Crippen LogP contribution in [0.4, 0.5) is 0 Å². The maximum atomic E-state index is 4.67. The van der Waals surface area contributed by atoms with Crippen molar-refractivity contribution in [3.05, 3.63) is 128 Å². The molecule has 2 aromatic heterocycles. The molecule has 0 saturated heterocycles. The van der Waals surface area contributed by atoms with Gasteiger partial charge >= 0.3 is 0 Å². The first kappa shape index (κ1) is 23.9. The van der Waals surface area contributed by atoms with Gasteiger partial charge in [-0.2, -0.15) is 0 Å². The van der Waals surface area contributed by atoms with E-state index in [4.69, 9.17) is 0 Å². The zero-order valence-corrected chi connectivity index (χ0v) is 23.6. The number of rotatable bonds is 2. The molecule has 9 rings (SSSR count). The molecule has 0 amide bonds. The van der Waals surface area contributed by atoms with Gasteiger partial charge in [0.25, 0.3) is 0 Å². The highest BCUT2D eigenvalue weighted by molar-refractivity contribution is 6.32. The molecule has 0 aliphatic heterocycles. The SMILES string of the molecule is C=CN=C(N=CC)n1c2cccc3c2c2c4c(cccc4ccc21)-c1cc2c4ccccc4n(-c4ccccc4)c2cc1-3. The minimum absolute atomic E-state index is 0.604. The second-order valence-corrected chi connectivity index (χ2v) is 11.0. The molecule has 202 valence electrons. The summed E-state index contributed by atoms with van der Waals surface area (Å²) in [7, 11) is 0. The fourth-order valence-corrected chi connectivity index (χ4v) is 7.25. The molecule has 0 saturated carbocycles. The van der Waals surface area contributed by atoms with E-state index in [9.17, 15) is 0 Å². The first-order valence-corrected chi connectivity index (χ1v) is 14.6. The molecule has 0 unspecified atom stereocenters. The lowest BCUT2D eigenvalue weighted by atomic mass is 9.91. The van der Waals surface area contributed by atoms with E-state index in [1.807, 2.05) is 6.92 Å². The van der Waals surface area contributed by atoms with Crippen LogP contribution in [0.25, 0.3) is 82.3 Å². The third-order valence-corrected chi connectivity index (χ3v) is 8.86. The van der Waals surface area contributed by atoms with Crippen molar-refractivity contribution in [2.45, 2.75) is 6.92 Å². The molecule has 0 fully saturated rings. The van der Waals surface area contributed by atoms with Crippen molar-refractivity contribution in [1.29, 1.82) is 0 Å². The number of para-hydroxylation sites is 2. The van der Waals surface area contributed by atoms with Crippen LogP contribution in [0.1, 0.15) is 6.92 Å². The number of aromatic nitrogens is 2. The van der Waals surface area contributed by atoms with Crippen LogP contribution in [0.3, 0.4) is 0 Å². The van der Waals surface area contributed by atoms with Crippen LogP contribution < -0.4 is 0 Å². The van der Waals surface area contributed by atoms with Gasteiger partial charge in [0.1, 0.15) is 0 Å². The Hall–Kier alpha value is -5.74. The van der Waals surface area contributed by atoms with E-state index in [0.29, 0.717) is 5.96 Å². The Morgan fingerprint density at radius 1 is 0.605 bits per heavy atom. The number of fused-ring (bicyclic) bond motifs is 6. The minimum atomic E-state index is 0.604. The highest BCUT2D eigenvalue weighted by Crippen LogP contribution is 2.50. The normalized spacial score (nSPS) is 12.9. The van der Waals surface area contributed by atoms with Crippen molar-refractivity contribution < 1.29 is 0 Å². The van der Waals surface area contributed by atoms with Crippen LogP contribution in [0.5, 0.6) is 0 Å². The van der Waals surface area contributed by atoms with Crippen LogP contribution in [0, 0.1) is 0 Å². The Labute approximate surface area is 248 Å². The average molecular weight is 551 g/mol. The van der Waals surface area contributed by atoms with Crippen LogP contribution in [0.15, 0.2) is 138 Å². The van der Waals surface area contributed by atoms with Crippen LogP contribution in [0.2, 0.25) is 0 Å². The van der Waals surface area contributed by atoms with E-state index in [1.54, 1.807) is 12.4 Å². The molecule has 0 N–H and O–H groups in total. The lowest BCUT2D eigenvalue weighted by molar-refractivity contribution is 1.18. The summed E-state index contributed by atoms with van der Waals surface area (Å²) in [5.41, 5.74) is 10.7. The third-order valence-electron chi connectivity index (χ3n) is 8.86. The van der Waals surface area contributed by atoms with Crippen molar-refractivity contribution in [3.8, 4) is 27.9 Å². The fraction of sp³-hybridized carbons (Fsp3) is 0.0256. The monoisotopic (exact) mass is 550 g/mol. The molecule has 4 nitrogen and oxygen atoms in total. The molecule has 1 aliphatic carbocycles. The first-order valence-electron chi connectivity index (χ1n) is 14.6. The molecular weight excluding hydrogens is 524 g/mol. The van der Waals surface area contributed by atoms with Gasteiger partial charge < -0.3 is 4.57 Å². The Morgan fingerprint density at radius 2 is 1.33 bits per heavy atom. The van der Waals surface area contributed by atoms with E-state index in [2.05, 4.69) is 141 Å². The highest BCUT2D eigenvalue weighted by Gasteiger charge is 2.27. The van der Waals surface area contributed by atoms with Gasteiger partial charge in [-0.15, -0.1) is 0 Å². The minimum Gasteiger partial charge on any atom is -0.309 e. The number of nitrogens with zero attached hydrogens (tertiary/aromatic N) is 4. The van der Waals surface area contributed by atoms with Gasteiger partial charge in [-0.3, -0.25) is 4.57 Å². The van der Waals surface area contributed by atoms with Crippen molar-refractivity contribution >= 4 is 66.6 Å². The van der Waals surface area contributed by atoms with Crippen molar-refractivity contribution in [2.24, 2.45) is 9.98 Å². The van der Waals surface area contributed by atoms with Crippen molar-refractivity contribution in [3.63, 3.8) is 0 Å². The lowest BCUT2D eigenvalue weighted by Crippen LogP contribution is -2.08. The van der Waals surface area contributed by atoms with Gasteiger partial charge in [-0.1, -0.05) is 79.4 Å².